The maximum absolute atomic E-state index is 12.3. The van der Waals surface area contributed by atoms with Crippen LogP contribution in [0, 0.1) is 11.8 Å². The van der Waals surface area contributed by atoms with Crippen LogP contribution in [0.3, 0.4) is 0 Å². The van der Waals surface area contributed by atoms with Gasteiger partial charge < -0.3 is 5.32 Å². The number of carbonyl (C=O) groups excluding carboxylic acids is 1. The van der Waals surface area contributed by atoms with E-state index in [-0.39, 0.29) is 11.8 Å². The summed E-state index contributed by atoms with van der Waals surface area (Å²) in [7, 11) is 0. The zero-order valence-corrected chi connectivity index (χ0v) is 14.6. The molecule has 1 aromatic heterocycles. The van der Waals surface area contributed by atoms with Gasteiger partial charge in [-0.05, 0) is 59.7 Å². The number of aromatic nitrogens is 2. The molecule has 6 nitrogen and oxygen atoms in total. The fraction of sp³-hybridized carbons (Fsp3) is 0.632. The first kappa shape index (κ1) is 16.5. The van der Waals surface area contributed by atoms with E-state index in [2.05, 4.69) is 26.6 Å². The van der Waals surface area contributed by atoms with Crippen molar-refractivity contribution in [1.82, 2.24) is 20.5 Å². The molecule has 25 heavy (non-hydrogen) atoms. The van der Waals surface area contributed by atoms with E-state index in [0.717, 1.165) is 56.5 Å². The van der Waals surface area contributed by atoms with Gasteiger partial charge in [0.05, 0.1) is 0 Å². The summed E-state index contributed by atoms with van der Waals surface area (Å²) in [6.45, 7) is 3.85. The Morgan fingerprint density at radius 2 is 2.00 bits per heavy atom. The number of nitrogens with one attached hydrogen (secondary N) is 1. The van der Waals surface area contributed by atoms with Crippen molar-refractivity contribution in [2.75, 3.05) is 19.6 Å². The highest BCUT2D eigenvalue weighted by Crippen LogP contribution is 2.24. The Balaban J connectivity index is 1.24. The minimum absolute atomic E-state index is 0.258. The number of hydrogen-bond donors (Lipinski definition) is 1. The Hall–Kier alpha value is -1.95. The van der Waals surface area contributed by atoms with Crippen LogP contribution in [0.5, 0.6) is 0 Å². The van der Waals surface area contributed by atoms with Gasteiger partial charge in [0.2, 0.25) is 5.91 Å². The quantitative estimate of drug-likeness (QED) is 0.905. The Labute approximate surface area is 147 Å². The van der Waals surface area contributed by atoms with Crippen LogP contribution < -0.4 is 5.32 Å². The Morgan fingerprint density at radius 1 is 1.16 bits per heavy atom. The van der Waals surface area contributed by atoms with Gasteiger partial charge in [0.25, 0.3) is 0 Å². The van der Waals surface area contributed by atoms with E-state index in [1.807, 2.05) is 12.1 Å². The van der Waals surface area contributed by atoms with Crippen molar-refractivity contribution in [1.29, 1.82) is 0 Å². The van der Waals surface area contributed by atoms with Gasteiger partial charge in [0, 0.05) is 25.6 Å². The van der Waals surface area contributed by atoms with Gasteiger partial charge >= 0.3 is 0 Å². The third-order valence-corrected chi connectivity index (χ3v) is 5.64. The second kappa shape index (κ2) is 7.52. The highest BCUT2D eigenvalue weighted by Gasteiger charge is 2.25. The highest BCUT2D eigenvalue weighted by molar-refractivity contribution is 5.78. The lowest BCUT2D eigenvalue weighted by Crippen LogP contribution is -2.36. The number of amides is 1. The summed E-state index contributed by atoms with van der Waals surface area (Å²) in [4.78, 5) is 14.7. The molecular weight excluding hydrogens is 316 g/mol. The van der Waals surface area contributed by atoms with E-state index in [9.17, 15) is 4.79 Å². The van der Waals surface area contributed by atoms with E-state index in [4.69, 9.17) is 4.63 Å². The molecule has 1 unspecified atom stereocenters. The standard InChI is InChI=1S/C19H26N4O2/c24-19(16-4-2-1-3-5-16)20-11-15-8-9-23(13-15)12-14-6-7-17-18(10-14)22-25-21-17/h6-7,10,15-16H,1-5,8-9,11-13H2,(H,20,24). The van der Waals surface area contributed by atoms with Gasteiger partial charge in [-0.2, -0.15) is 0 Å². The second-order valence-corrected chi connectivity index (χ2v) is 7.56. The molecule has 134 valence electrons. The third kappa shape index (κ3) is 4.00. The first-order chi connectivity index (χ1) is 12.3. The molecule has 1 saturated heterocycles. The fourth-order valence-electron chi connectivity index (χ4n) is 4.16. The summed E-state index contributed by atoms with van der Waals surface area (Å²) < 4.78 is 4.76. The van der Waals surface area contributed by atoms with Crippen molar-refractivity contribution in [3.05, 3.63) is 23.8 Å². The first-order valence-electron chi connectivity index (χ1n) is 9.49. The van der Waals surface area contributed by atoms with E-state index < -0.39 is 0 Å². The summed E-state index contributed by atoms with van der Waals surface area (Å²) in [6, 6.07) is 6.09. The van der Waals surface area contributed by atoms with Crippen molar-refractivity contribution >= 4 is 16.9 Å². The smallest absolute Gasteiger partial charge is 0.223 e. The van der Waals surface area contributed by atoms with E-state index in [0.29, 0.717) is 5.92 Å². The number of nitrogens with zero attached hydrogens (tertiary/aromatic N) is 3. The Kier molecular flexibility index (Phi) is 4.97. The predicted octanol–water partition coefficient (Wildman–Crippen LogP) is 2.74. The van der Waals surface area contributed by atoms with E-state index in [1.54, 1.807) is 0 Å². The lowest BCUT2D eigenvalue weighted by atomic mass is 9.88. The summed E-state index contributed by atoms with van der Waals surface area (Å²) in [6.07, 6.45) is 7.00. The van der Waals surface area contributed by atoms with Crippen molar-refractivity contribution < 1.29 is 9.42 Å². The summed E-state index contributed by atoms with van der Waals surface area (Å²) >= 11 is 0. The van der Waals surface area contributed by atoms with Crippen LogP contribution in [0.1, 0.15) is 44.1 Å². The molecule has 0 spiro atoms. The third-order valence-electron chi connectivity index (χ3n) is 5.64. The average Bonchev–Trinajstić information content (AvgIpc) is 3.29. The fourth-order valence-corrected chi connectivity index (χ4v) is 4.16. The first-order valence-corrected chi connectivity index (χ1v) is 9.49. The maximum Gasteiger partial charge on any atom is 0.223 e. The zero-order valence-electron chi connectivity index (χ0n) is 14.6. The van der Waals surface area contributed by atoms with Gasteiger partial charge in [-0.3, -0.25) is 9.69 Å². The van der Waals surface area contributed by atoms with Crippen molar-refractivity contribution in [2.45, 2.75) is 45.1 Å². The van der Waals surface area contributed by atoms with Gasteiger partial charge in [0.1, 0.15) is 11.0 Å². The molecular formula is C19H26N4O2. The molecule has 0 bridgehead atoms. The summed E-state index contributed by atoms with van der Waals surface area (Å²) in [5.41, 5.74) is 2.84. The molecule has 6 heteroatoms. The van der Waals surface area contributed by atoms with Crippen molar-refractivity contribution in [2.24, 2.45) is 11.8 Å². The average molecular weight is 342 g/mol. The summed E-state index contributed by atoms with van der Waals surface area (Å²) in [5.74, 6) is 1.10. The van der Waals surface area contributed by atoms with Crippen molar-refractivity contribution in [3.63, 3.8) is 0 Å². The largest absolute Gasteiger partial charge is 0.356 e. The van der Waals surface area contributed by atoms with Crippen LogP contribution >= 0.6 is 0 Å². The van der Waals surface area contributed by atoms with Gasteiger partial charge in [-0.25, -0.2) is 4.63 Å². The molecule has 1 atom stereocenters. The van der Waals surface area contributed by atoms with Crippen LogP contribution in [0.4, 0.5) is 0 Å². The lowest BCUT2D eigenvalue weighted by Gasteiger charge is -2.22. The summed E-state index contributed by atoms with van der Waals surface area (Å²) in [5, 5.41) is 11.0. The monoisotopic (exact) mass is 342 g/mol. The predicted molar refractivity (Wildman–Crippen MR) is 94.8 cm³/mol. The molecule has 1 aromatic carbocycles. The Morgan fingerprint density at radius 3 is 2.88 bits per heavy atom. The molecule has 2 heterocycles. The normalized spacial score (nSPS) is 22.5. The van der Waals surface area contributed by atoms with Crippen LogP contribution in [-0.2, 0) is 11.3 Å². The molecule has 0 radical (unpaired) electrons. The number of carbonyl (C=O) groups is 1. The minimum atomic E-state index is 0.258. The van der Waals surface area contributed by atoms with Crippen LogP contribution in [-0.4, -0.2) is 40.8 Å². The van der Waals surface area contributed by atoms with Crippen molar-refractivity contribution in [3.8, 4) is 0 Å². The van der Waals surface area contributed by atoms with Crippen LogP contribution in [0.15, 0.2) is 22.8 Å². The van der Waals surface area contributed by atoms with Gasteiger partial charge in [-0.1, -0.05) is 25.3 Å². The van der Waals surface area contributed by atoms with Gasteiger partial charge in [0.15, 0.2) is 0 Å². The molecule has 1 N–H and O–H groups in total. The highest BCUT2D eigenvalue weighted by atomic mass is 16.6. The second-order valence-electron chi connectivity index (χ2n) is 7.56. The molecule has 1 aliphatic carbocycles. The number of rotatable bonds is 5. The lowest BCUT2D eigenvalue weighted by molar-refractivity contribution is -0.126. The number of likely N-dealkylation sites (tertiary alicyclic amines) is 1. The van der Waals surface area contributed by atoms with Gasteiger partial charge in [-0.15, -0.1) is 0 Å². The number of fused-ring (bicyclic) bond motifs is 1. The van der Waals surface area contributed by atoms with E-state index >= 15 is 0 Å². The molecule has 1 aliphatic heterocycles. The van der Waals surface area contributed by atoms with Crippen LogP contribution in [0.25, 0.3) is 11.0 Å². The topological polar surface area (TPSA) is 71.3 Å². The SMILES string of the molecule is O=C(NCC1CCN(Cc2ccc3nonc3c2)C1)C1CCCCC1. The number of hydrogen-bond acceptors (Lipinski definition) is 5. The molecule has 4 rings (SSSR count). The zero-order chi connectivity index (χ0) is 17.1. The number of benzene rings is 1. The molecule has 2 aliphatic rings. The minimum Gasteiger partial charge on any atom is -0.356 e. The Bertz CT molecular complexity index is 723. The van der Waals surface area contributed by atoms with E-state index in [1.165, 1.54) is 24.8 Å². The molecule has 1 amide bonds. The molecule has 1 saturated carbocycles. The molecule has 2 aromatic rings. The molecule has 2 fully saturated rings. The van der Waals surface area contributed by atoms with Crippen LogP contribution in [0.2, 0.25) is 0 Å². The maximum atomic E-state index is 12.3.